The number of ketones is 6. The van der Waals surface area contributed by atoms with E-state index < -0.39 is 0 Å². The van der Waals surface area contributed by atoms with Gasteiger partial charge in [-0.1, -0.05) is 111 Å². The van der Waals surface area contributed by atoms with Crippen LogP contribution in [-0.4, -0.2) is 209 Å². The number of nitrogens with one attached hydrogen (secondary N) is 3. The van der Waals surface area contributed by atoms with E-state index in [0.717, 1.165) is 77.6 Å². The van der Waals surface area contributed by atoms with Crippen molar-refractivity contribution < 1.29 is 87.8 Å². The van der Waals surface area contributed by atoms with Crippen LogP contribution in [0.3, 0.4) is 0 Å². The van der Waals surface area contributed by atoms with Gasteiger partial charge >= 0.3 is 0 Å². The molecule has 0 radical (unpaired) electrons. The highest BCUT2D eigenvalue weighted by Gasteiger charge is 1.99. The van der Waals surface area contributed by atoms with Gasteiger partial charge < -0.3 is 75.0 Å². The van der Waals surface area contributed by atoms with E-state index in [9.17, 15) is 28.8 Å². The number of hydrogen-bond acceptors (Lipinski definition) is 18. The van der Waals surface area contributed by atoms with Crippen molar-refractivity contribution in [2.24, 2.45) is 0 Å². The topological polar surface area (TPSA) is 316 Å². The first-order chi connectivity index (χ1) is 30.4. The van der Waals surface area contributed by atoms with Crippen molar-refractivity contribution in [1.82, 2.24) is 16.0 Å². The molecule has 0 aliphatic rings. The van der Waals surface area contributed by atoms with Gasteiger partial charge in [0.25, 0.3) is 0 Å². The average Bonchev–Trinajstić information content (AvgIpc) is 3.22. The maximum atomic E-state index is 10.6. The van der Waals surface area contributed by atoms with Crippen molar-refractivity contribution in [1.29, 1.82) is 0 Å². The number of carbonyl (C=O) groups excluding carboxylic acids is 6. The zero-order chi connectivity index (χ0) is 47.3. The van der Waals surface area contributed by atoms with E-state index in [2.05, 4.69) is 16.0 Å². The molecule has 21 nitrogen and oxygen atoms in total. The molecule has 0 aromatic heterocycles. The van der Waals surface area contributed by atoms with Gasteiger partial charge in [0.05, 0.1) is 79.1 Å². The molecule has 0 rings (SSSR count). The van der Waals surface area contributed by atoms with Gasteiger partial charge in [0, 0.05) is 59.3 Å². The molecule has 0 amide bonds. The van der Waals surface area contributed by atoms with Crippen molar-refractivity contribution in [2.45, 2.75) is 211 Å². The molecule has 0 aromatic carbocycles. The van der Waals surface area contributed by atoms with Gasteiger partial charge in [-0.2, -0.15) is 0 Å². The van der Waals surface area contributed by atoms with Crippen LogP contribution in [0, 0.1) is 0 Å². The molecular weight excluding hydrogens is 1050 g/mol. The maximum absolute atomic E-state index is 10.6. The van der Waals surface area contributed by atoms with E-state index >= 15 is 0 Å². The molecule has 81 heavy (non-hydrogen) atoms. The lowest BCUT2D eigenvalue weighted by molar-refractivity contribution is -0.122. The number of Topliss-reactive ketones (excluding diaryl/α,β-unsaturated/α-hetero) is 6. The first-order valence-electron chi connectivity index (χ1n) is 22.7. The van der Waals surface area contributed by atoms with Gasteiger partial charge in [0.2, 0.25) is 0 Å². The van der Waals surface area contributed by atoms with Crippen molar-refractivity contribution in [3.8, 4) is 0 Å². The summed E-state index contributed by atoms with van der Waals surface area (Å²) in [5.74, 6) is 0.583. The molecule has 0 saturated carbocycles. The van der Waals surface area contributed by atoms with Gasteiger partial charge in [0.1, 0.15) is 37.2 Å². The first-order valence-corrected chi connectivity index (χ1v) is 22.7. The standard InChI is InChI=1S/3C15H29NO5.15CH4.3H2O/c3*1-14(17)12-16-6-9-20-11-10-19-7-4-3-5-8-21-13-15(2)18;;;;;;;;;;;;;;;;;;/h3*16H,3-13H2,1-2H3;15*1H4;3*1H2. The van der Waals surface area contributed by atoms with E-state index in [1.54, 1.807) is 20.8 Å². The van der Waals surface area contributed by atoms with Crippen LogP contribution in [0.1, 0.15) is 211 Å². The lowest BCUT2D eigenvalue weighted by atomic mass is 10.2. The minimum Gasteiger partial charge on any atom is -0.412 e. The molecule has 0 saturated heterocycles. The maximum Gasteiger partial charge on any atom is 0.155 e. The fourth-order valence-corrected chi connectivity index (χ4v) is 4.59. The molecule has 9 N–H and O–H groups in total. The second-order valence-corrected chi connectivity index (χ2v) is 14.8. The lowest BCUT2D eigenvalue weighted by Gasteiger charge is -2.06. The number of ether oxygens (including phenoxy) is 9. The van der Waals surface area contributed by atoms with E-state index in [4.69, 9.17) is 42.6 Å². The van der Waals surface area contributed by atoms with Gasteiger partial charge in [-0.25, -0.2) is 0 Å². The van der Waals surface area contributed by atoms with Crippen LogP contribution in [0.4, 0.5) is 0 Å². The van der Waals surface area contributed by atoms with Crippen LogP contribution < -0.4 is 16.0 Å². The fourth-order valence-electron chi connectivity index (χ4n) is 4.59. The Morgan fingerprint density at radius 2 is 0.383 bits per heavy atom. The van der Waals surface area contributed by atoms with Crippen molar-refractivity contribution >= 4 is 34.7 Å². The summed E-state index contributed by atoms with van der Waals surface area (Å²) >= 11 is 0. The smallest absolute Gasteiger partial charge is 0.155 e. The highest BCUT2D eigenvalue weighted by molar-refractivity contribution is 5.78. The summed E-state index contributed by atoms with van der Waals surface area (Å²) in [6.07, 6.45) is 8.94. The van der Waals surface area contributed by atoms with Crippen LogP contribution in [0.2, 0.25) is 0 Å². The Morgan fingerprint density at radius 1 is 0.222 bits per heavy atom. The molecule has 0 aliphatic heterocycles. The monoisotopic (exact) mass is 1200 g/mol. The normalized spacial score (nSPS) is 8.37. The number of carbonyl (C=O) groups is 6. The minimum absolute atomic E-state index is 0. The number of hydrogen-bond donors (Lipinski definition) is 3. The Labute approximate surface area is 505 Å². The fraction of sp³-hybridized carbons (Fsp3) is 0.900. The van der Waals surface area contributed by atoms with Crippen LogP contribution in [-0.2, 0) is 71.4 Å². The summed E-state index contributed by atoms with van der Waals surface area (Å²) in [6, 6.07) is 0. The van der Waals surface area contributed by atoms with Gasteiger partial charge in [-0.3, -0.25) is 28.8 Å². The predicted molar refractivity (Wildman–Crippen MR) is 353 cm³/mol. The number of unbranched alkanes of at least 4 members (excludes halogenated alkanes) is 6. The van der Waals surface area contributed by atoms with Crippen molar-refractivity contribution in [3.05, 3.63) is 0 Å². The first kappa shape index (κ1) is 143. The zero-order valence-electron chi connectivity index (χ0n) is 41.5. The van der Waals surface area contributed by atoms with Crippen LogP contribution in [0.15, 0.2) is 0 Å². The second kappa shape index (κ2) is 124. The summed E-state index contributed by atoms with van der Waals surface area (Å²) in [5, 5.41) is 8.94. The number of rotatable bonds is 48. The zero-order valence-corrected chi connectivity index (χ0v) is 41.5. The van der Waals surface area contributed by atoms with E-state index in [0.29, 0.717) is 119 Å². The van der Waals surface area contributed by atoms with Crippen LogP contribution >= 0.6 is 0 Å². The highest BCUT2D eigenvalue weighted by atomic mass is 16.5. The van der Waals surface area contributed by atoms with Crippen LogP contribution in [0.25, 0.3) is 0 Å². The summed E-state index contributed by atoms with van der Waals surface area (Å²) in [4.78, 5) is 63.8. The molecular formula is C60H153N3O18. The van der Waals surface area contributed by atoms with Gasteiger partial charge in [-0.05, 0) is 99.3 Å². The Hall–Kier alpha value is -2.58. The molecule has 0 unspecified atom stereocenters. The summed E-state index contributed by atoms with van der Waals surface area (Å²) < 4.78 is 47.8. The molecule has 0 atom stereocenters. The molecule has 0 spiro atoms. The molecule has 516 valence electrons. The Balaban J connectivity index is -0.0000000316. The molecule has 0 aromatic rings. The van der Waals surface area contributed by atoms with Crippen molar-refractivity contribution in [3.63, 3.8) is 0 Å². The third kappa shape index (κ3) is 167. The van der Waals surface area contributed by atoms with Gasteiger partial charge in [0.15, 0.2) is 17.3 Å². The Kier molecular flexibility index (Phi) is 218. The van der Waals surface area contributed by atoms with E-state index in [-0.39, 0.29) is 182 Å². The van der Waals surface area contributed by atoms with E-state index in [1.165, 1.54) is 20.8 Å². The third-order valence-corrected chi connectivity index (χ3v) is 7.66. The quantitative estimate of drug-likeness (QED) is 0.0477. The SMILES string of the molecule is C.C.C.C.C.C.C.C.C.C.C.C.C.C.C.CC(=O)CNCCOCCOCCCCCOCC(C)=O.CC(=O)CNCCOCCOCCCCCOCC(C)=O.CC(=O)CNCCOCCOCCCCCOCC(C)=O.O.O.O. The van der Waals surface area contributed by atoms with Crippen molar-refractivity contribution in [2.75, 3.05) is 158 Å². The average molecular weight is 1200 g/mol. The lowest BCUT2D eigenvalue weighted by Crippen LogP contribution is -2.25. The highest BCUT2D eigenvalue weighted by Crippen LogP contribution is 1.99. The van der Waals surface area contributed by atoms with Gasteiger partial charge in [-0.15, -0.1) is 0 Å². The molecule has 21 heteroatoms. The molecule has 0 bridgehead atoms. The Morgan fingerprint density at radius 3 is 0.543 bits per heavy atom. The molecule has 0 heterocycles. The largest absolute Gasteiger partial charge is 0.412 e. The predicted octanol–water partition coefficient (Wildman–Crippen LogP) is 9.99. The molecule has 0 fully saturated rings. The molecule has 0 aliphatic carbocycles. The summed E-state index contributed by atoms with van der Waals surface area (Å²) in [6.45, 7) is 22.4. The van der Waals surface area contributed by atoms with Crippen LogP contribution in [0.5, 0.6) is 0 Å². The second-order valence-electron chi connectivity index (χ2n) is 14.8. The summed E-state index contributed by atoms with van der Waals surface area (Å²) in [5.41, 5.74) is 0. The minimum atomic E-state index is 0. The van der Waals surface area contributed by atoms with E-state index in [1.807, 2.05) is 0 Å². The summed E-state index contributed by atoms with van der Waals surface area (Å²) in [7, 11) is 0. The third-order valence-electron chi connectivity index (χ3n) is 7.66. The Bertz CT molecular complexity index is 876.